The van der Waals surface area contributed by atoms with E-state index in [9.17, 15) is 4.79 Å². The summed E-state index contributed by atoms with van der Waals surface area (Å²) in [6, 6.07) is 1.72. The largest absolute Gasteiger partial charge is 0.514 e. The molecular weight excluding hydrogens is 130 g/mol. The predicted octanol–water partition coefficient (Wildman–Crippen LogP) is 1.10. The van der Waals surface area contributed by atoms with Gasteiger partial charge in [-0.1, -0.05) is 0 Å². The smallest absolute Gasteiger partial charge is 0.143 e. The highest BCUT2D eigenvalue weighted by Crippen LogP contribution is 2.04. The van der Waals surface area contributed by atoms with Crippen LogP contribution in [0.3, 0.4) is 0 Å². The zero-order valence-corrected chi connectivity index (χ0v) is 5.53. The topological polar surface area (TPSA) is 61.1 Å². The molecule has 0 saturated heterocycles. The maximum atomic E-state index is 9.86. The molecule has 3 heteroatoms. The van der Waals surface area contributed by atoms with E-state index in [0.29, 0.717) is 18.1 Å². The average molecular weight is 137 g/mol. The molecule has 0 unspecified atom stereocenters. The van der Waals surface area contributed by atoms with E-state index in [-0.39, 0.29) is 5.57 Å². The third-order valence-corrected chi connectivity index (χ3v) is 0.992. The van der Waals surface area contributed by atoms with Crippen molar-refractivity contribution < 1.29 is 9.90 Å². The Kier molecular flexibility index (Phi) is 3.66. The Labute approximate surface area is 58.9 Å². The van der Waals surface area contributed by atoms with E-state index in [0.717, 1.165) is 0 Å². The molecule has 0 spiro atoms. The Bertz CT molecular complexity index is 220. The molecule has 0 amide bonds. The summed E-state index contributed by atoms with van der Waals surface area (Å²) < 4.78 is 0. The highest BCUT2D eigenvalue weighted by molar-refractivity contribution is 5.68. The molecule has 0 aliphatic rings. The van der Waals surface area contributed by atoms with E-state index in [4.69, 9.17) is 10.4 Å². The van der Waals surface area contributed by atoms with Crippen LogP contribution < -0.4 is 0 Å². The van der Waals surface area contributed by atoms with Gasteiger partial charge in [-0.15, -0.1) is 0 Å². The molecule has 0 saturated carbocycles. The quantitative estimate of drug-likeness (QED) is 0.204. The van der Waals surface area contributed by atoms with Gasteiger partial charge in [0, 0.05) is 0 Å². The van der Waals surface area contributed by atoms with Crippen LogP contribution in [0.25, 0.3) is 0 Å². The zero-order chi connectivity index (χ0) is 7.98. The van der Waals surface area contributed by atoms with Crippen LogP contribution in [0, 0.1) is 11.3 Å². The van der Waals surface area contributed by atoms with E-state index in [1.807, 2.05) is 0 Å². The van der Waals surface area contributed by atoms with Gasteiger partial charge >= 0.3 is 0 Å². The summed E-state index contributed by atoms with van der Waals surface area (Å²) >= 11 is 0. The van der Waals surface area contributed by atoms with Crippen LogP contribution in [-0.2, 0) is 4.79 Å². The van der Waals surface area contributed by atoms with Gasteiger partial charge < -0.3 is 5.11 Å². The van der Waals surface area contributed by atoms with Crippen LogP contribution in [0.2, 0.25) is 0 Å². The Morgan fingerprint density at radius 3 is 2.60 bits per heavy atom. The van der Waals surface area contributed by atoms with Gasteiger partial charge in [-0.2, -0.15) is 5.26 Å². The van der Waals surface area contributed by atoms with E-state index < -0.39 is 0 Å². The second-order valence-electron chi connectivity index (χ2n) is 1.64. The third-order valence-electron chi connectivity index (χ3n) is 0.992. The van der Waals surface area contributed by atoms with Crippen LogP contribution in [-0.4, -0.2) is 11.4 Å². The van der Waals surface area contributed by atoms with Crippen LogP contribution >= 0.6 is 0 Å². The molecule has 0 heterocycles. The van der Waals surface area contributed by atoms with Gasteiger partial charge in [0.1, 0.15) is 12.4 Å². The molecule has 0 radical (unpaired) electrons. The standard InChI is InChI=1S/C7H7NO2/c1-6(2-3-9)7(4-8)5-10/h2-3,5,10H,1H3. The highest BCUT2D eigenvalue weighted by Gasteiger charge is 1.95. The lowest BCUT2D eigenvalue weighted by atomic mass is 10.1. The van der Waals surface area contributed by atoms with Crippen molar-refractivity contribution in [3.8, 4) is 6.07 Å². The van der Waals surface area contributed by atoms with Crippen molar-refractivity contribution in [3.05, 3.63) is 23.5 Å². The Morgan fingerprint density at radius 1 is 1.70 bits per heavy atom. The van der Waals surface area contributed by atoms with Crippen molar-refractivity contribution in [2.45, 2.75) is 6.92 Å². The van der Waals surface area contributed by atoms with Gasteiger partial charge in [0.15, 0.2) is 0 Å². The van der Waals surface area contributed by atoms with Gasteiger partial charge in [-0.3, -0.25) is 4.79 Å². The Balaban J connectivity index is 4.51. The summed E-state index contributed by atoms with van der Waals surface area (Å²) in [5.74, 6) is 0. The predicted molar refractivity (Wildman–Crippen MR) is 36.1 cm³/mol. The number of aliphatic hydroxyl groups is 1. The first kappa shape index (κ1) is 8.44. The molecule has 0 aliphatic carbocycles. The summed E-state index contributed by atoms with van der Waals surface area (Å²) in [6.45, 7) is 1.57. The van der Waals surface area contributed by atoms with Crippen LogP contribution in [0.1, 0.15) is 6.92 Å². The van der Waals surface area contributed by atoms with Crippen LogP contribution in [0.15, 0.2) is 23.5 Å². The fourth-order valence-electron chi connectivity index (χ4n) is 0.411. The van der Waals surface area contributed by atoms with Crippen molar-refractivity contribution in [1.29, 1.82) is 5.26 Å². The fraction of sp³-hybridized carbons (Fsp3) is 0.143. The number of hydrogen-bond donors (Lipinski definition) is 1. The number of allylic oxidation sites excluding steroid dienone is 3. The first-order chi connectivity index (χ1) is 4.76. The number of hydrogen-bond acceptors (Lipinski definition) is 3. The number of carbonyl (C=O) groups is 1. The van der Waals surface area contributed by atoms with Gasteiger partial charge in [-0.25, -0.2) is 0 Å². The maximum Gasteiger partial charge on any atom is 0.143 e. The summed E-state index contributed by atoms with van der Waals surface area (Å²) in [6.07, 6.45) is 2.46. The molecule has 0 fully saturated rings. The minimum atomic E-state index is 0.104. The average Bonchev–Trinajstić information content (AvgIpc) is 1.91. The third kappa shape index (κ3) is 2.14. The number of nitriles is 1. The second-order valence-corrected chi connectivity index (χ2v) is 1.64. The number of nitrogens with zero attached hydrogens (tertiary/aromatic N) is 1. The maximum absolute atomic E-state index is 9.86. The number of aldehydes is 1. The van der Waals surface area contributed by atoms with Crippen LogP contribution in [0.4, 0.5) is 0 Å². The van der Waals surface area contributed by atoms with Crippen molar-refractivity contribution >= 4 is 6.29 Å². The van der Waals surface area contributed by atoms with E-state index in [1.54, 1.807) is 13.0 Å². The first-order valence-corrected chi connectivity index (χ1v) is 2.63. The summed E-state index contributed by atoms with van der Waals surface area (Å²) in [5, 5.41) is 16.7. The normalized spacial score (nSPS) is 12.4. The summed E-state index contributed by atoms with van der Waals surface area (Å²) in [4.78, 5) is 9.86. The molecule has 0 aromatic rings. The lowest BCUT2D eigenvalue weighted by Crippen LogP contribution is -1.81. The van der Waals surface area contributed by atoms with Crippen molar-refractivity contribution in [1.82, 2.24) is 0 Å². The van der Waals surface area contributed by atoms with Gasteiger partial charge in [0.2, 0.25) is 0 Å². The molecule has 3 nitrogen and oxygen atoms in total. The minimum Gasteiger partial charge on any atom is -0.514 e. The van der Waals surface area contributed by atoms with Gasteiger partial charge in [-0.05, 0) is 18.6 Å². The van der Waals surface area contributed by atoms with Gasteiger partial charge in [0.05, 0.1) is 11.8 Å². The fourth-order valence-corrected chi connectivity index (χ4v) is 0.411. The van der Waals surface area contributed by atoms with Gasteiger partial charge in [0.25, 0.3) is 0 Å². The van der Waals surface area contributed by atoms with Crippen molar-refractivity contribution in [2.75, 3.05) is 0 Å². The SMILES string of the molecule is CC(=CC=O)C(C#N)=CO. The molecule has 0 aliphatic heterocycles. The second kappa shape index (κ2) is 4.33. The van der Waals surface area contributed by atoms with Crippen molar-refractivity contribution in [3.63, 3.8) is 0 Å². The molecule has 0 bridgehead atoms. The molecule has 0 rings (SSSR count). The minimum absolute atomic E-state index is 0.104. The number of rotatable bonds is 2. The zero-order valence-electron chi connectivity index (χ0n) is 5.53. The monoisotopic (exact) mass is 137 g/mol. The van der Waals surface area contributed by atoms with E-state index in [2.05, 4.69) is 0 Å². The van der Waals surface area contributed by atoms with Crippen LogP contribution in [0.5, 0.6) is 0 Å². The Morgan fingerprint density at radius 2 is 2.30 bits per heavy atom. The lowest BCUT2D eigenvalue weighted by Gasteiger charge is -1.90. The Hall–Kier alpha value is -1.56. The van der Waals surface area contributed by atoms with E-state index in [1.165, 1.54) is 6.08 Å². The molecular formula is C7H7NO2. The summed E-state index contributed by atoms with van der Waals surface area (Å²) in [7, 11) is 0. The molecule has 0 atom stereocenters. The molecule has 10 heavy (non-hydrogen) atoms. The highest BCUT2D eigenvalue weighted by atomic mass is 16.2. The number of aliphatic hydroxyl groups excluding tert-OH is 1. The van der Waals surface area contributed by atoms with E-state index >= 15 is 0 Å². The molecule has 0 aromatic carbocycles. The summed E-state index contributed by atoms with van der Waals surface area (Å²) in [5.41, 5.74) is 0.562. The molecule has 52 valence electrons. The molecule has 0 aromatic heterocycles. The molecule has 1 N–H and O–H groups in total. The first-order valence-electron chi connectivity index (χ1n) is 2.63. The lowest BCUT2D eigenvalue weighted by molar-refractivity contribution is -0.104. The number of carbonyl (C=O) groups excluding carboxylic acids is 1. The van der Waals surface area contributed by atoms with Crippen molar-refractivity contribution in [2.24, 2.45) is 0 Å².